The van der Waals surface area contributed by atoms with E-state index in [0.717, 1.165) is 17.9 Å². The fourth-order valence-electron chi connectivity index (χ4n) is 5.41. The standard InChI is InChI=1S/C18H21NO2/c1-19-9-8-18-12-4-3-5-15(18)21-17-14(20-2)7-6-11(16(17)18)10-13(12)19/h3,5-7,12-13,15H,4,8-10H2,1-2H3/t12-,13+,15-,18+/m0/s1. The van der Waals surface area contributed by atoms with E-state index >= 15 is 0 Å². The van der Waals surface area contributed by atoms with Gasteiger partial charge in [-0.1, -0.05) is 12.1 Å². The SMILES string of the molecule is COc1ccc2c3c1O[C@H]1C=CC[C@H]4[C@@H](C2)N(C)CC[C@]314. The van der Waals surface area contributed by atoms with Crippen molar-refractivity contribution in [2.24, 2.45) is 5.92 Å². The third kappa shape index (κ3) is 1.25. The number of rotatable bonds is 1. The van der Waals surface area contributed by atoms with E-state index in [1.54, 1.807) is 7.11 Å². The first-order valence-corrected chi connectivity index (χ1v) is 7.99. The summed E-state index contributed by atoms with van der Waals surface area (Å²) in [5.41, 5.74) is 3.16. The molecule has 0 radical (unpaired) electrons. The number of hydrogen-bond donors (Lipinski definition) is 0. The molecule has 0 amide bonds. The molecule has 1 aromatic rings. The summed E-state index contributed by atoms with van der Waals surface area (Å²) in [7, 11) is 4.03. The first-order valence-electron chi connectivity index (χ1n) is 7.99. The minimum absolute atomic E-state index is 0.198. The molecule has 4 aliphatic rings. The van der Waals surface area contributed by atoms with Gasteiger partial charge in [-0.15, -0.1) is 0 Å². The van der Waals surface area contributed by atoms with E-state index in [9.17, 15) is 0 Å². The number of methoxy groups -OCH3 is 1. The molecule has 1 fully saturated rings. The number of ether oxygens (including phenoxy) is 2. The van der Waals surface area contributed by atoms with Gasteiger partial charge in [0, 0.05) is 17.0 Å². The molecule has 2 heterocycles. The summed E-state index contributed by atoms with van der Waals surface area (Å²) in [5.74, 6) is 2.62. The molecule has 0 saturated carbocycles. The lowest BCUT2D eigenvalue weighted by molar-refractivity contribution is -0.00385. The van der Waals surface area contributed by atoms with E-state index in [1.807, 2.05) is 0 Å². The Kier molecular flexibility index (Phi) is 2.21. The maximum absolute atomic E-state index is 6.41. The molecule has 3 heteroatoms. The minimum atomic E-state index is 0.198. The maximum Gasteiger partial charge on any atom is 0.166 e. The summed E-state index contributed by atoms with van der Waals surface area (Å²) in [4.78, 5) is 2.57. The Balaban J connectivity index is 1.82. The monoisotopic (exact) mass is 283 g/mol. The third-order valence-corrected chi connectivity index (χ3v) is 6.35. The highest BCUT2D eigenvalue weighted by atomic mass is 16.5. The van der Waals surface area contributed by atoms with Gasteiger partial charge in [0.15, 0.2) is 11.5 Å². The lowest BCUT2D eigenvalue weighted by Gasteiger charge is -2.56. The van der Waals surface area contributed by atoms with Crippen LogP contribution in [0.15, 0.2) is 24.3 Å². The second-order valence-electron chi connectivity index (χ2n) is 6.98. The van der Waals surface area contributed by atoms with Gasteiger partial charge in [0.1, 0.15) is 6.10 Å². The van der Waals surface area contributed by atoms with Gasteiger partial charge >= 0.3 is 0 Å². The zero-order chi connectivity index (χ0) is 14.2. The predicted octanol–water partition coefficient (Wildman–Crippen LogP) is 2.53. The van der Waals surface area contributed by atoms with Crippen LogP contribution in [0.5, 0.6) is 11.5 Å². The van der Waals surface area contributed by atoms with Crippen LogP contribution >= 0.6 is 0 Å². The van der Waals surface area contributed by atoms with E-state index in [-0.39, 0.29) is 11.5 Å². The van der Waals surface area contributed by atoms with Crippen LogP contribution in [-0.2, 0) is 11.8 Å². The molecule has 0 aromatic heterocycles. The van der Waals surface area contributed by atoms with E-state index in [1.165, 1.54) is 30.5 Å². The average Bonchev–Trinajstić information content (AvgIpc) is 2.84. The summed E-state index contributed by atoms with van der Waals surface area (Å²) in [5, 5.41) is 0. The molecule has 21 heavy (non-hydrogen) atoms. The summed E-state index contributed by atoms with van der Waals surface area (Å²) in [6.07, 6.45) is 8.38. The second kappa shape index (κ2) is 3.83. The smallest absolute Gasteiger partial charge is 0.166 e. The van der Waals surface area contributed by atoms with E-state index in [4.69, 9.17) is 9.47 Å². The fourth-order valence-corrected chi connectivity index (χ4v) is 5.41. The van der Waals surface area contributed by atoms with Crippen LogP contribution in [0.2, 0.25) is 0 Å². The van der Waals surface area contributed by atoms with E-state index in [2.05, 4.69) is 36.2 Å². The number of allylic oxidation sites excluding steroid dienone is 1. The van der Waals surface area contributed by atoms with Crippen LogP contribution in [0.25, 0.3) is 0 Å². The van der Waals surface area contributed by atoms with Crippen LogP contribution in [0.1, 0.15) is 24.0 Å². The average molecular weight is 283 g/mol. The van der Waals surface area contributed by atoms with Crippen molar-refractivity contribution in [2.75, 3.05) is 20.7 Å². The minimum Gasteiger partial charge on any atom is -0.493 e. The van der Waals surface area contributed by atoms with E-state index in [0.29, 0.717) is 12.0 Å². The maximum atomic E-state index is 6.41. The van der Waals surface area contributed by atoms with Gasteiger partial charge in [0.2, 0.25) is 0 Å². The van der Waals surface area contributed by atoms with Gasteiger partial charge in [0.25, 0.3) is 0 Å². The molecule has 4 atom stereocenters. The number of piperidine rings is 1. The van der Waals surface area contributed by atoms with Gasteiger partial charge in [-0.3, -0.25) is 0 Å². The fraction of sp³-hybridized carbons (Fsp3) is 0.556. The summed E-state index contributed by atoms with van der Waals surface area (Å²) in [6, 6.07) is 5.01. The zero-order valence-corrected chi connectivity index (χ0v) is 12.6. The Bertz CT molecular complexity index is 653. The van der Waals surface area contributed by atoms with Crippen LogP contribution in [0.3, 0.4) is 0 Å². The highest BCUT2D eigenvalue weighted by Gasteiger charge is 2.62. The molecule has 5 rings (SSSR count). The second-order valence-corrected chi connectivity index (χ2v) is 6.98. The van der Waals surface area contributed by atoms with Crippen LogP contribution in [-0.4, -0.2) is 37.7 Å². The van der Waals surface area contributed by atoms with Gasteiger partial charge in [-0.2, -0.15) is 0 Å². The lowest BCUT2D eigenvalue weighted by atomic mass is 9.53. The first-order chi connectivity index (χ1) is 10.3. The molecule has 1 aromatic carbocycles. The lowest BCUT2D eigenvalue weighted by Crippen LogP contribution is -2.62. The first kappa shape index (κ1) is 12.1. The van der Waals surface area contributed by atoms with Gasteiger partial charge in [0.05, 0.1) is 7.11 Å². The molecule has 0 unspecified atom stereocenters. The van der Waals surface area contributed by atoms with Crippen molar-refractivity contribution < 1.29 is 9.47 Å². The molecule has 1 spiro atoms. The summed E-state index contributed by atoms with van der Waals surface area (Å²) >= 11 is 0. The van der Waals surface area contributed by atoms with Crippen LogP contribution in [0.4, 0.5) is 0 Å². The summed E-state index contributed by atoms with van der Waals surface area (Å²) < 4.78 is 12.0. The number of benzene rings is 1. The Morgan fingerprint density at radius 2 is 2.29 bits per heavy atom. The Morgan fingerprint density at radius 3 is 3.14 bits per heavy atom. The molecule has 3 nitrogen and oxygen atoms in total. The van der Waals surface area contributed by atoms with Crippen molar-refractivity contribution in [2.45, 2.75) is 36.8 Å². The topological polar surface area (TPSA) is 21.7 Å². The highest BCUT2D eigenvalue weighted by Crippen LogP contribution is 2.62. The Hall–Kier alpha value is -1.48. The number of hydrogen-bond acceptors (Lipinski definition) is 3. The Morgan fingerprint density at radius 1 is 1.38 bits per heavy atom. The molecule has 1 saturated heterocycles. The summed E-state index contributed by atoms with van der Waals surface area (Å²) in [6.45, 7) is 1.17. The quantitative estimate of drug-likeness (QED) is 0.739. The van der Waals surface area contributed by atoms with Crippen molar-refractivity contribution >= 4 is 0 Å². The van der Waals surface area contributed by atoms with Gasteiger partial charge < -0.3 is 14.4 Å². The van der Waals surface area contributed by atoms with Crippen LogP contribution in [0, 0.1) is 5.92 Å². The molecule has 2 bridgehead atoms. The number of nitrogens with zero attached hydrogens (tertiary/aromatic N) is 1. The van der Waals surface area contributed by atoms with Crippen molar-refractivity contribution in [3.8, 4) is 11.5 Å². The van der Waals surface area contributed by atoms with Gasteiger partial charge in [-0.05, 0) is 56.5 Å². The Labute approximate surface area is 125 Å². The predicted molar refractivity (Wildman–Crippen MR) is 81.1 cm³/mol. The molecular formula is C18H21NO2. The highest BCUT2D eigenvalue weighted by molar-refractivity contribution is 5.61. The van der Waals surface area contributed by atoms with Crippen LogP contribution < -0.4 is 9.47 Å². The van der Waals surface area contributed by atoms with Gasteiger partial charge in [-0.25, -0.2) is 0 Å². The normalized spacial score (nSPS) is 38.9. The number of likely N-dealkylation sites (tertiary alicyclic amines) is 1. The number of likely N-dealkylation sites (N-methyl/N-ethyl adjacent to an activating group) is 1. The largest absolute Gasteiger partial charge is 0.493 e. The molecule has 110 valence electrons. The van der Waals surface area contributed by atoms with Crippen molar-refractivity contribution in [1.29, 1.82) is 0 Å². The molecule has 0 N–H and O–H groups in total. The molecule has 2 aliphatic heterocycles. The zero-order valence-electron chi connectivity index (χ0n) is 12.6. The molecular weight excluding hydrogens is 262 g/mol. The van der Waals surface area contributed by atoms with E-state index < -0.39 is 0 Å². The molecule has 2 aliphatic carbocycles. The van der Waals surface area contributed by atoms with Crippen molar-refractivity contribution in [1.82, 2.24) is 4.90 Å². The third-order valence-electron chi connectivity index (χ3n) is 6.35. The van der Waals surface area contributed by atoms with Crippen molar-refractivity contribution in [3.05, 3.63) is 35.4 Å². The van der Waals surface area contributed by atoms with Crippen molar-refractivity contribution in [3.63, 3.8) is 0 Å².